The number of carbonyl (C=O) groups is 3. The largest absolute Gasteiger partial charge is 0.462 e. The van der Waals surface area contributed by atoms with Crippen LogP contribution in [-0.2, 0) is 28.6 Å². The van der Waals surface area contributed by atoms with Crippen molar-refractivity contribution in [3.63, 3.8) is 0 Å². The van der Waals surface area contributed by atoms with Gasteiger partial charge < -0.3 is 14.2 Å². The van der Waals surface area contributed by atoms with E-state index in [1.165, 1.54) is 205 Å². The van der Waals surface area contributed by atoms with Crippen LogP contribution in [0.5, 0.6) is 0 Å². The summed E-state index contributed by atoms with van der Waals surface area (Å²) in [7, 11) is 0. The Bertz CT molecular complexity index is 962. The molecule has 0 unspecified atom stereocenters. The normalized spacial score (nSPS) is 12.0. The molecule has 0 amide bonds. The van der Waals surface area contributed by atoms with Crippen LogP contribution in [0.3, 0.4) is 0 Å². The number of rotatable bonds is 51. The summed E-state index contributed by atoms with van der Waals surface area (Å²) in [4.78, 5) is 38.0. The van der Waals surface area contributed by atoms with E-state index in [1.807, 2.05) is 0 Å². The van der Waals surface area contributed by atoms with Crippen LogP contribution in [0.15, 0.2) is 0 Å². The van der Waals surface area contributed by atoms with Gasteiger partial charge in [-0.05, 0) is 31.1 Å². The maximum absolute atomic E-state index is 12.8. The lowest BCUT2D eigenvalue weighted by atomic mass is 10.0. The van der Waals surface area contributed by atoms with Gasteiger partial charge in [0, 0.05) is 19.3 Å². The summed E-state index contributed by atoms with van der Waals surface area (Å²) in [6.45, 7) is 11.4. The first kappa shape index (κ1) is 61.4. The van der Waals surface area contributed by atoms with Gasteiger partial charge in [0.25, 0.3) is 0 Å². The van der Waals surface area contributed by atoms with Crippen molar-refractivity contribution >= 4 is 17.9 Å². The fourth-order valence-electron chi connectivity index (χ4n) is 8.70. The SMILES string of the molecule is CCCCCCCCCCCCCC(=O)O[C@@H](COC(=O)CCCCCCCCCCCCCCCCCCCCC(C)C)COC(=O)CCCCCCCCCCCCC(C)C. The van der Waals surface area contributed by atoms with Crippen LogP contribution in [0.2, 0.25) is 0 Å². The molecule has 0 aliphatic carbocycles. The lowest BCUT2D eigenvalue weighted by molar-refractivity contribution is -0.167. The molecular formula is C57H110O6. The molecule has 0 aliphatic rings. The molecule has 6 heteroatoms. The Labute approximate surface area is 393 Å². The quantitative estimate of drug-likeness (QED) is 0.0344. The summed E-state index contributed by atoms with van der Waals surface area (Å²) in [6, 6.07) is 0. The smallest absolute Gasteiger partial charge is 0.306 e. The van der Waals surface area contributed by atoms with Crippen LogP contribution in [0.25, 0.3) is 0 Å². The third kappa shape index (κ3) is 51.3. The maximum Gasteiger partial charge on any atom is 0.306 e. The molecule has 63 heavy (non-hydrogen) atoms. The summed E-state index contributed by atoms with van der Waals surface area (Å²) in [5, 5.41) is 0. The average Bonchev–Trinajstić information content (AvgIpc) is 3.25. The molecule has 0 aromatic rings. The number of esters is 3. The highest BCUT2D eigenvalue weighted by molar-refractivity contribution is 5.71. The van der Waals surface area contributed by atoms with Crippen LogP contribution in [0.1, 0.15) is 317 Å². The van der Waals surface area contributed by atoms with Crippen molar-refractivity contribution in [2.45, 2.75) is 323 Å². The first-order chi connectivity index (χ1) is 30.7. The van der Waals surface area contributed by atoms with Crippen molar-refractivity contribution in [3.05, 3.63) is 0 Å². The minimum absolute atomic E-state index is 0.0630. The number of carbonyl (C=O) groups excluding carboxylic acids is 3. The van der Waals surface area contributed by atoms with Crippen molar-refractivity contribution in [1.82, 2.24) is 0 Å². The zero-order valence-corrected chi connectivity index (χ0v) is 43.2. The van der Waals surface area contributed by atoms with Crippen molar-refractivity contribution in [3.8, 4) is 0 Å². The van der Waals surface area contributed by atoms with E-state index in [4.69, 9.17) is 14.2 Å². The number of unbranched alkanes of at least 4 members (excludes halogenated alkanes) is 36. The standard InChI is InChI=1S/C57H110O6/c1-6-7-8-9-10-11-20-29-34-39-44-49-57(60)63-54(51-62-56(59)48-43-38-33-28-24-23-26-31-36-41-46-53(4)5)50-61-55(58)47-42-37-32-27-22-19-17-15-13-12-14-16-18-21-25-30-35-40-45-52(2)3/h52-54H,6-51H2,1-5H3/t54-/m0/s1. The summed E-state index contributed by atoms with van der Waals surface area (Å²) in [6.07, 6.45) is 52.4. The molecule has 374 valence electrons. The molecule has 0 N–H and O–H groups in total. The highest BCUT2D eigenvalue weighted by atomic mass is 16.6. The van der Waals surface area contributed by atoms with Crippen molar-refractivity contribution in [2.75, 3.05) is 13.2 Å². The Morgan fingerprint density at radius 2 is 0.524 bits per heavy atom. The summed E-state index contributed by atoms with van der Waals surface area (Å²) in [5.41, 5.74) is 0. The first-order valence-corrected chi connectivity index (χ1v) is 28.2. The van der Waals surface area contributed by atoms with E-state index in [0.717, 1.165) is 69.6 Å². The Morgan fingerprint density at radius 1 is 0.302 bits per heavy atom. The predicted molar refractivity (Wildman–Crippen MR) is 270 cm³/mol. The predicted octanol–water partition coefficient (Wildman–Crippen LogP) is 18.5. The molecule has 0 heterocycles. The third-order valence-electron chi connectivity index (χ3n) is 13.0. The zero-order chi connectivity index (χ0) is 46.1. The van der Waals surface area contributed by atoms with Crippen LogP contribution in [-0.4, -0.2) is 37.2 Å². The Hall–Kier alpha value is -1.59. The van der Waals surface area contributed by atoms with Crippen molar-refractivity contribution in [1.29, 1.82) is 0 Å². The second-order valence-corrected chi connectivity index (χ2v) is 20.5. The molecule has 0 aliphatic heterocycles. The first-order valence-electron chi connectivity index (χ1n) is 28.2. The summed E-state index contributed by atoms with van der Waals surface area (Å²) < 4.78 is 16.8. The van der Waals surface area contributed by atoms with Crippen molar-refractivity contribution in [2.24, 2.45) is 11.8 Å². The molecule has 0 fully saturated rings. The topological polar surface area (TPSA) is 78.9 Å². The van der Waals surface area contributed by atoms with E-state index in [1.54, 1.807) is 0 Å². The minimum Gasteiger partial charge on any atom is -0.462 e. The van der Waals surface area contributed by atoms with Gasteiger partial charge in [0.15, 0.2) is 6.10 Å². The van der Waals surface area contributed by atoms with E-state index in [0.29, 0.717) is 19.3 Å². The molecule has 1 atom stereocenters. The molecular weight excluding hydrogens is 781 g/mol. The molecule has 0 spiro atoms. The second-order valence-electron chi connectivity index (χ2n) is 20.5. The lowest BCUT2D eigenvalue weighted by Crippen LogP contribution is -2.30. The van der Waals surface area contributed by atoms with E-state index in [9.17, 15) is 14.4 Å². The van der Waals surface area contributed by atoms with Gasteiger partial charge in [-0.2, -0.15) is 0 Å². The van der Waals surface area contributed by atoms with E-state index >= 15 is 0 Å². The van der Waals surface area contributed by atoms with Crippen molar-refractivity contribution < 1.29 is 28.6 Å². The minimum atomic E-state index is -0.761. The molecule has 0 bridgehead atoms. The number of hydrogen-bond donors (Lipinski definition) is 0. The van der Waals surface area contributed by atoms with E-state index in [-0.39, 0.29) is 31.1 Å². The van der Waals surface area contributed by atoms with Gasteiger partial charge in [-0.3, -0.25) is 14.4 Å². The Balaban J connectivity index is 4.20. The van der Waals surface area contributed by atoms with Crippen LogP contribution >= 0.6 is 0 Å². The maximum atomic E-state index is 12.8. The van der Waals surface area contributed by atoms with Crippen LogP contribution < -0.4 is 0 Å². The van der Waals surface area contributed by atoms with E-state index < -0.39 is 6.10 Å². The van der Waals surface area contributed by atoms with Gasteiger partial charge in [0.2, 0.25) is 0 Å². The lowest BCUT2D eigenvalue weighted by Gasteiger charge is -2.18. The zero-order valence-electron chi connectivity index (χ0n) is 43.2. The Morgan fingerprint density at radius 3 is 0.778 bits per heavy atom. The highest BCUT2D eigenvalue weighted by Gasteiger charge is 2.19. The monoisotopic (exact) mass is 891 g/mol. The average molecular weight is 892 g/mol. The van der Waals surface area contributed by atoms with Gasteiger partial charge in [-0.15, -0.1) is 0 Å². The molecule has 0 saturated carbocycles. The molecule has 0 aromatic heterocycles. The van der Waals surface area contributed by atoms with Gasteiger partial charge in [0.05, 0.1) is 0 Å². The van der Waals surface area contributed by atoms with Gasteiger partial charge in [-0.1, -0.05) is 279 Å². The number of ether oxygens (including phenoxy) is 3. The second kappa shape index (κ2) is 49.8. The molecule has 0 rings (SSSR count). The van der Waals surface area contributed by atoms with Gasteiger partial charge >= 0.3 is 17.9 Å². The molecule has 0 aromatic carbocycles. The summed E-state index contributed by atoms with van der Waals surface area (Å²) in [5.74, 6) is 0.834. The molecule has 6 nitrogen and oxygen atoms in total. The van der Waals surface area contributed by atoms with Gasteiger partial charge in [-0.25, -0.2) is 0 Å². The third-order valence-corrected chi connectivity index (χ3v) is 13.0. The Kier molecular flexibility index (Phi) is 48.6. The van der Waals surface area contributed by atoms with Crippen LogP contribution in [0, 0.1) is 11.8 Å². The molecule has 0 radical (unpaired) electrons. The fourth-order valence-corrected chi connectivity index (χ4v) is 8.70. The van der Waals surface area contributed by atoms with E-state index in [2.05, 4.69) is 34.6 Å². The molecule has 0 saturated heterocycles. The fraction of sp³-hybridized carbons (Fsp3) is 0.947. The van der Waals surface area contributed by atoms with Crippen LogP contribution in [0.4, 0.5) is 0 Å². The highest BCUT2D eigenvalue weighted by Crippen LogP contribution is 2.18. The number of hydrogen-bond acceptors (Lipinski definition) is 6. The van der Waals surface area contributed by atoms with Gasteiger partial charge in [0.1, 0.15) is 13.2 Å². The summed E-state index contributed by atoms with van der Waals surface area (Å²) >= 11 is 0.